The Labute approximate surface area is 185 Å². The zero-order chi connectivity index (χ0) is 22.0. The first-order valence-corrected chi connectivity index (χ1v) is 10.7. The molecule has 0 N–H and O–H groups in total. The van der Waals surface area contributed by atoms with Gasteiger partial charge in [-0.1, -0.05) is 41.0 Å². The first-order chi connectivity index (χ1) is 14.9. The molecule has 2 aromatic carbocycles. The van der Waals surface area contributed by atoms with Crippen LogP contribution < -0.4 is 0 Å². The molecular formula is C23H24ClFN4O2. The summed E-state index contributed by atoms with van der Waals surface area (Å²) in [7, 11) is 0. The Morgan fingerprint density at radius 3 is 2.74 bits per heavy atom. The number of amides is 1. The molecule has 1 saturated heterocycles. The maximum atomic E-state index is 13.9. The molecule has 1 fully saturated rings. The van der Waals surface area contributed by atoms with E-state index in [1.54, 1.807) is 31.2 Å². The minimum absolute atomic E-state index is 0.0541. The third-order valence-electron chi connectivity index (χ3n) is 5.70. The van der Waals surface area contributed by atoms with Gasteiger partial charge in [0.25, 0.3) is 5.91 Å². The van der Waals surface area contributed by atoms with Crippen LogP contribution in [0.4, 0.5) is 4.39 Å². The van der Waals surface area contributed by atoms with Gasteiger partial charge in [0.2, 0.25) is 11.7 Å². The number of nitrogens with zero attached hydrogens (tertiary/aromatic N) is 4. The summed E-state index contributed by atoms with van der Waals surface area (Å²) >= 11 is 6.20. The van der Waals surface area contributed by atoms with Crippen molar-refractivity contribution in [3.8, 4) is 11.4 Å². The van der Waals surface area contributed by atoms with E-state index in [0.29, 0.717) is 53.1 Å². The van der Waals surface area contributed by atoms with Gasteiger partial charge >= 0.3 is 0 Å². The number of hydrogen-bond acceptors (Lipinski definition) is 5. The van der Waals surface area contributed by atoms with Crippen LogP contribution in [0.5, 0.6) is 0 Å². The lowest BCUT2D eigenvalue weighted by Crippen LogP contribution is -2.36. The Morgan fingerprint density at radius 2 is 1.97 bits per heavy atom. The van der Waals surface area contributed by atoms with Gasteiger partial charge in [0.05, 0.1) is 16.6 Å². The third-order valence-corrected chi connectivity index (χ3v) is 6.03. The van der Waals surface area contributed by atoms with Crippen LogP contribution >= 0.6 is 11.6 Å². The summed E-state index contributed by atoms with van der Waals surface area (Å²) in [6.45, 7) is 6.42. The maximum Gasteiger partial charge on any atom is 0.255 e. The van der Waals surface area contributed by atoms with Crippen LogP contribution in [0.2, 0.25) is 5.02 Å². The summed E-state index contributed by atoms with van der Waals surface area (Å²) in [4.78, 5) is 21.4. The number of rotatable bonds is 4. The summed E-state index contributed by atoms with van der Waals surface area (Å²) in [5, 5.41) is 4.50. The molecule has 1 unspecified atom stereocenters. The van der Waals surface area contributed by atoms with Crippen molar-refractivity contribution in [2.45, 2.75) is 26.3 Å². The second-order valence-corrected chi connectivity index (χ2v) is 8.16. The zero-order valence-electron chi connectivity index (χ0n) is 17.5. The minimum Gasteiger partial charge on any atom is -0.337 e. The fourth-order valence-electron chi connectivity index (χ4n) is 3.74. The molecule has 8 heteroatoms. The van der Waals surface area contributed by atoms with Gasteiger partial charge in [0, 0.05) is 31.7 Å². The summed E-state index contributed by atoms with van der Waals surface area (Å²) in [6, 6.07) is 11.9. The molecular weight excluding hydrogens is 419 g/mol. The van der Waals surface area contributed by atoms with Crippen LogP contribution in [-0.2, 0) is 0 Å². The Balaban J connectivity index is 1.44. The Kier molecular flexibility index (Phi) is 6.34. The molecule has 0 saturated carbocycles. The molecule has 1 aromatic heterocycles. The molecule has 31 heavy (non-hydrogen) atoms. The second-order valence-electron chi connectivity index (χ2n) is 7.76. The maximum absolute atomic E-state index is 13.9. The van der Waals surface area contributed by atoms with E-state index < -0.39 is 0 Å². The van der Waals surface area contributed by atoms with Crippen molar-refractivity contribution in [3.05, 3.63) is 70.3 Å². The molecule has 6 nitrogen and oxygen atoms in total. The molecule has 0 aliphatic carbocycles. The van der Waals surface area contributed by atoms with Crippen LogP contribution in [0.15, 0.2) is 47.0 Å². The highest BCUT2D eigenvalue weighted by molar-refractivity contribution is 6.33. The second kappa shape index (κ2) is 9.16. The highest BCUT2D eigenvalue weighted by atomic mass is 35.5. The van der Waals surface area contributed by atoms with Gasteiger partial charge in [-0.25, -0.2) is 4.39 Å². The molecule has 0 bridgehead atoms. The van der Waals surface area contributed by atoms with E-state index >= 15 is 0 Å². The van der Waals surface area contributed by atoms with Crippen molar-refractivity contribution >= 4 is 17.5 Å². The number of carbonyl (C=O) groups excluding carboxylic acids is 1. The van der Waals surface area contributed by atoms with Crippen LogP contribution in [0.25, 0.3) is 11.4 Å². The van der Waals surface area contributed by atoms with Crippen molar-refractivity contribution in [3.63, 3.8) is 0 Å². The monoisotopic (exact) mass is 442 g/mol. The quantitative estimate of drug-likeness (QED) is 0.583. The lowest BCUT2D eigenvalue weighted by molar-refractivity contribution is 0.0757. The van der Waals surface area contributed by atoms with Crippen LogP contribution in [0, 0.1) is 12.7 Å². The van der Waals surface area contributed by atoms with Crippen LogP contribution in [0.1, 0.15) is 41.2 Å². The van der Waals surface area contributed by atoms with E-state index in [9.17, 15) is 9.18 Å². The van der Waals surface area contributed by atoms with Gasteiger partial charge < -0.3 is 9.42 Å². The average Bonchev–Trinajstić information content (AvgIpc) is 3.13. The first kappa shape index (κ1) is 21.5. The fourth-order valence-corrected chi connectivity index (χ4v) is 3.96. The van der Waals surface area contributed by atoms with Crippen molar-refractivity contribution in [2.75, 3.05) is 26.2 Å². The van der Waals surface area contributed by atoms with Crippen LogP contribution in [-0.4, -0.2) is 52.0 Å². The fraction of sp³-hybridized carbons (Fsp3) is 0.348. The summed E-state index contributed by atoms with van der Waals surface area (Å²) in [6.07, 6.45) is 0.824. The number of aromatic nitrogens is 2. The van der Waals surface area contributed by atoms with E-state index in [1.807, 2.05) is 24.0 Å². The molecule has 162 valence electrons. The lowest BCUT2D eigenvalue weighted by atomic mass is 10.1. The standard InChI is InChI=1S/C23H24ClFN4O2/c1-15-8-9-17(14-20(15)25)21-26-22(31-27-21)16(2)28-10-5-11-29(13-12-28)23(30)18-6-3-4-7-19(18)24/h3-4,6-9,14,16H,5,10-13H2,1-2H3. The Morgan fingerprint density at radius 1 is 1.16 bits per heavy atom. The van der Waals surface area contributed by atoms with E-state index in [1.165, 1.54) is 6.07 Å². The predicted molar refractivity (Wildman–Crippen MR) is 116 cm³/mol. The number of aryl methyl sites for hydroxylation is 1. The molecule has 1 aliphatic heterocycles. The first-order valence-electron chi connectivity index (χ1n) is 10.3. The number of hydrogen-bond donors (Lipinski definition) is 0. The smallest absolute Gasteiger partial charge is 0.255 e. The molecule has 4 rings (SSSR count). The predicted octanol–water partition coefficient (Wildman–Crippen LogP) is 4.75. The Hall–Kier alpha value is -2.77. The molecule has 1 amide bonds. The highest BCUT2D eigenvalue weighted by Gasteiger charge is 2.27. The van der Waals surface area contributed by atoms with Gasteiger partial charge in [-0.15, -0.1) is 0 Å². The van der Waals surface area contributed by atoms with E-state index in [-0.39, 0.29) is 17.8 Å². The van der Waals surface area contributed by atoms with E-state index in [2.05, 4.69) is 15.0 Å². The van der Waals surface area contributed by atoms with E-state index in [4.69, 9.17) is 16.1 Å². The molecule has 0 radical (unpaired) electrons. The molecule has 1 atom stereocenters. The number of carbonyl (C=O) groups is 1. The molecule has 2 heterocycles. The van der Waals surface area contributed by atoms with E-state index in [0.717, 1.165) is 13.0 Å². The van der Waals surface area contributed by atoms with Crippen molar-refractivity contribution in [1.29, 1.82) is 0 Å². The topological polar surface area (TPSA) is 62.5 Å². The van der Waals surface area contributed by atoms with Crippen molar-refractivity contribution < 1.29 is 13.7 Å². The van der Waals surface area contributed by atoms with Gasteiger partial charge in [0.1, 0.15) is 5.82 Å². The van der Waals surface area contributed by atoms with Gasteiger partial charge in [-0.05, 0) is 44.0 Å². The average molecular weight is 443 g/mol. The van der Waals surface area contributed by atoms with Crippen molar-refractivity contribution in [2.24, 2.45) is 0 Å². The Bertz CT molecular complexity index is 1090. The normalized spacial score (nSPS) is 16.2. The van der Waals surface area contributed by atoms with Gasteiger partial charge in [-0.3, -0.25) is 9.69 Å². The van der Waals surface area contributed by atoms with Gasteiger partial charge in [0.15, 0.2) is 0 Å². The van der Waals surface area contributed by atoms with Gasteiger partial charge in [-0.2, -0.15) is 4.98 Å². The summed E-state index contributed by atoms with van der Waals surface area (Å²) < 4.78 is 19.4. The molecule has 3 aromatic rings. The van der Waals surface area contributed by atoms with Crippen molar-refractivity contribution in [1.82, 2.24) is 19.9 Å². The summed E-state index contributed by atoms with van der Waals surface area (Å²) in [5.41, 5.74) is 1.68. The number of halogens is 2. The lowest BCUT2D eigenvalue weighted by Gasteiger charge is -2.25. The SMILES string of the molecule is Cc1ccc(-c2noc(C(C)N3CCCN(C(=O)c4ccccc4Cl)CC3)n2)cc1F. The van der Waals surface area contributed by atoms with Crippen LogP contribution in [0.3, 0.4) is 0 Å². The molecule has 0 spiro atoms. The summed E-state index contributed by atoms with van der Waals surface area (Å²) in [5.74, 6) is 0.488. The third kappa shape index (κ3) is 4.62. The highest BCUT2D eigenvalue weighted by Crippen LogP contribution is 2.25. The minimum atomic E-state index is -0.298. The largest absolute Gasteiger partial charge is 0.337 e. The zero-order valence-corrected chi connectivity index (χ0v) is 18.3. The number of benzene rings is 2. The molecule has 1 aliphatic rings.